The molecule has 1 aromatic heterocycles. The molecular formula is C18H19N3O3. The Kier molecular flexibility index (Phi) is 3.59. The van der Waals surface area contributed by atoms with Crippen molar-refractivity contribution in [3.8, 4) is 5.69 Å². The quantitative estimate of drug-likeness (QED) is 0.935. The predicted molar refractivity (Wildman–Crippen MR) is 87.2 cm³/mol. The lowest BCUT2D eigenvalue weighted by atomic mass is 10.1. The molecule has 0 radical (unpaired) electrons. The number of rotatable bonds is 3. The Hall–Kier alpha value is -2.63. The van der Waals surface area contributed by atoms with Gasteiger partial charge in [0.25, 0.3) is 5.91 Å². The van der Waals surface area contributed by atoms with E-state index in [1.54, 1.807) is 4.90 Å². The van der Waals surface area contributed by atoms with Gasteiger partial charge in [-0.05, 0) is 37.8 Å². The molecule has 1 fully saturated rings. The van der Waals surface area contributed by atoms with E-state index in [1.165, 1.54) is 0 Å². The lowest BCUT2D eigenvalue weighted by Crippen LogP contribution is -2.31. The van der Waals surface area contributed by atoms with Crippen molar-refractivity contribution in [3.05, 3.63) is 47.3 Å². The summed E-state index contributed by atoms with van der Waals surface area (Å²) in [6.07, 6.45) is 3.32. The van der Waals surface area contributed by atoms with Gasteiger partial charge in [0.2, 0.25) is 0 Å². The standard InChI is InChI=1S/C18H19N3O3/c22-17(20-10-9-12(11-20)18(23)24)16-14-7-4-8-15(14)21(19-16)13-5-2-1-3-6-13/h1-3,5-6,12H,4,7-11H2,(H,23,24)/t12-/m1/s1. The Bertz CT molecular complexity index is 797. The third kappa shape index (κ3) is 2.38. The van der Waals surface area contributed by atoms with E-state index in [-0.39, 0.29) is 12.5 Å². The number of para-hydroxylation sites is 1. The number of benzene rings is 1. The number of hydrogen-bond acceptors (Lipinski definition) is 3. The third-order valence-corrected chi connectivity index (χ3v) is 4.96. The van der Waals surface area contributed by atoms with E-state index in [0.717, 1.165) is 36.2 Å². The Morgan fingerprint density at radius 1 is 1.17 bits per heavy atom. The van der Waals surface area contributed by atoms with Gasteiger partial charge in [0.1, 0.15) is 0 Å². The monoisotopic (exact) mass is 325 g/mol. The Morgan fingerprint density at radius 2 is 1.96 bits per heavy atom. The molecule has 0 unspecified atom stereocenters. The molecule has 1 amide bonds. The molecule has 1 aromatic carbocycles. The maximum Gasteiger partial charge on any atom is 0.308 e. The highest BCUT2D eigenvalue weighted by molar-refractivity contribution is 5.95. The summed E-state index contributed by atoms with van der Waals surface area (Å²) in [5.41, 5.74) is 3.60. The molecule has 1 atom stereocenters. The van der Waals surface area contributed by atoms with Crippen LogP contribution >= 0.6 is 0 Å². The number of carboxylic acids is 1. The number of likely N-dealkylation sites (tertiary alicyclic amines) is 1. The van der Waals surface area contributed by atoms with Gasteiger partial charge in [0.15, 0.2) is 5.69 Å². The average molecular weight is 325 g/mol. The van der Waals surface area contributed by atoms with E-state index in [2.05, 4.69) is 5.10 Å². The number of carboxylic acid groups (broad SMARTS) is 1. The summed E-state index contributed by atoms with van der Waals surface area (Å²) >= 11 is 0. The van der Waals surface area contributed by atoms with E-state index >= 15 is 0 Å². The van der Waals surface area contributed by atoms with Gasteiger partial charge in [0.05, 0.1) is 11.6 Å². The van der Waals surface area contributed by atoms with Gasteiger partial charge in [-0.15, -0.1) is 0 Å². The molecule has 1 aliphatic carbocycles. The number of aliphatic carboxylic acids is 1. The summed E-state index contributed by atoms with van der Waals surface area (Å²) in [7, 11) is 0. The molecule has 1 saturated heterocycles. The minimum absolute atomic E-state index is 0.133. The normalized spacial score (nSPS) is 19.5. The van der Waals surface area contributed by atoms with Crippen molar-refractivity contribution in [2.75, 3.05) is 13.1 Å². The van der Waals surface area contributed by atoms with Gasteiger partial charge >= 0.3 is 5.97 Å². The largest absolute Gasteiger partial charge is 0.481 e. The number of aromatic nitrogens is 2. The second-order valence-corrected chi connectivity index (χ2v) is 6.45. The molecule has 2 heterocycles. The molecule has 124 valence electrons. The maximum atomic E-state index is 12.9. The number of carbonyl (C=O) groups excluding carboxylic acids is 1. The van der Waals surface area contributed by atoms with Crippen LogP contribution in [0.5, 0.6) is 0 Å². The fourth-order valence-electron chi connectivity index (χ4n) is 3.69. The number of hydrogen-bond donors (Lipinski definition) is 1. The van der Waals surface area contributed by atoms with Crippen LogP contribution in [0, 0.1) is 5.92 Å². The van der Waals surface area contributed by atoms with Gasteiger partial charge < -0.3 is 10.0 Å². The van der Waals surface area contributed by atoms with Crippen molar-refractivity contribution in [1.29, 1.82) is 0 Å². The summed E-state index contributed by atoms with van der Waals surface area (Å²) in [4.78, 5) is 25.6. The molecule has 1 aliphatic heterocycles. The summed E-state index contributed by atoms with van der Waals surface area (Å²) in [6.45, 7) is 0.768. The highest BCUT2D eigenvalue weighted by Gasteiger charge is 2.35. The molecule has 4 rings (SSSR count). The minimum Gasteiger partial charge on any atom is -0.481 e. The zero-order valence-corrected chi connectivity index (χ0v) is 13.3. The molecule has 0 saturated carbocycles. The van der Waals surface area contributed by atoms with Gasteiger partial charge in [-0.3, -0.25) is 9.59 Å². The summed E-state index contributed by atoms with van der Waals surface area (Å²) in [6, 6.07) is 9.83. The van der Waals surface area contributed by atoms with Gasteiger partial charge in [0, 0.05) is 24.3 Å². The van der Waals surface area contributed by atoms with Crippen LogP contribution in [0.2, 0.25) is 0 Å². The van der Waals surface area contributed by atoms with Crippen LogP contribution in [0.15, 0.2) is 30.3 Å². The number of amides is 1. The fraction of sp³-hybridized carbons (Fsp3) is 0.389. The van der Waals surface area contributed by atoms with Crippen LogP contribution < -0.4 is 0 Å². The van der Waals surface area contributed by atoms with Crippen molar-refractivity contribution < 1.29 is 14.7 Å². The summed E-state index contributed by atoms with van der Waals surface area (Å²) in [5, 5.41) is 13.7. The topological polar surface area (TPSA) is 75.4 Å². The van der Waals surface area contributed by atoms with Crippen molar-refractivity contribution >= 4 is 11.9 Å². The molecule has 0 bridgehead atoms. The molecular weight excluding hydrogens is 306 g/mol. The van der Waals surface area contributed by atoms with Crippen LogP contribution in [-0.4, -0.2) is 44.8 Å². The first-order valence-electron chi connectivity index (χ1n) is 8.33. The van der Waals surface area contributed by atoms with E-state index in [0.29, 0.717) is 18.7 Å². The highest BCUT2D eigenvalue weighted by atomic mass is 16.4. The number of carbonyl (C=O) groups is 2. The molecule has 2 aliphatic rings. The van der Waals surface area contributed by atoms with Crippen LogP contribution in [0.4, 0.5) is 0 Å². The minimum atomic E-state index is -0.828. The first-order valence-corrected chi connectivity index (χ1v) is 8.33. The Morgan fingerprint density at radius 3 is 2.67 bits per heavy atom. The maximum absolute atomic E-state index is 12.9. The van der Waals surface area contributed by atoms with E-state index in [9.17, 15) is 9.59 Å². The fourth-order valence-corrected chi connectivity index (χ4v) is 3.69. The van der Waals surface area contributed by atoms with Crippen LogP contribution in [-0.2, 0) is 17.6 Å². The lowest BCUT2D eigenvalue weighted by Gasteiger charge is -2.14. The van der Waals surface area contributed by atoms with Crippen molar-refractivity contribution in [2.45, 2.75) is 25.7 Å². The molecule has 1 N–H and O–H groups in total. The van der Waals surface area contributed by atoms with Crippen LogP contribution in [0.25, 0.3) is 5.69 Å². The molecule has 6 heteroatoms. The number of fused-ring (bicyclic) bond motifs is 1. The summed E-state index contributed by atoms with van der Waals surface area (Å²) < 4.78 is 1.88. The SMILES string of the molecule is O=C(O)[C@@H]1CCN(C(=O)c2nn(-c3ccccc3)c3c2CCC3)C1. The molecule has 6 nitrogen and oxygen atoms in total. The molecule has 0 spiro atoms. The van der Waals surface area contributed by atoms with Crippen LogP contribution in [0.1, 0.15) is 34.6 Å². The molecule has 2 aromatic rings. The predicted octanol–water partition coefficient (Wildman–Crippen LogP) is 1.91. The third-order valence-electron chi connectivity index (χ3n) is 4.96. The first kappa shape index (κ1) is 14.9. The Balaban J connectivity index is 1.67. The smallest absolute Gasteiger partial charge is 0.308 e. The summed E-state index contributed by atoms with van der Waals surface area (Å²) in [5.74, 6) is -1.42. The van der Waals surface area contributed by atoms with E-state index in [4.69, 9.17) is 5.11 Å². The molecule has 24 heavy (non-hydrogen) atoms. The zero-order chi connectivity index (χ0) is 16.7. The lowest BCUT2D eigenvalue weighted by molar-refractivity contribution is -0.141. The van der Waals surface area contributed by atoms with E-state index in [1.807, 2.05) is 35.0 Å². The second-order valence-electron chi connectivity index (χ2n) is 6.45. The highest BCUT2D eigenvalue weighted by Crippen LogP contribution is 2.29. The van der Waals surface area contributed by atoms with E-state index < -0.39 is 11.9 Å². The average Bonchev–Trinajstić information content (AvgIpc) is 3.31. The Labute approximate surface area is 139 Å². The second kappa shape index (κ2) is 5.78. The van der Waals surface area contributed by atoms with Crippen LogP contribution in [0.3, 0.4) is 0 Å². The zero-order valence-electron chi connectivity index (χ0n) is 13.3. The van der Waals surface area contributed by atoms with Crippen molar-refractivity contribution in [3.63, 3.8) is 0 Å². The van der Waals surface area contributed by atoms with Crippen molar-refractivity contribution in [1.82, 2.24) is 14.7 Å². The first-order chi connectivity index (χ1) is 11.6. The van der Waals surface area contributed by atoms with Crippen molar-refractivity contribution in [2.24, 2.45) is 5.92 Å². The van der Waals surface area contributed by atoms with Gasteiger partial charge in [-0.1, -0.05) is 18.2 Å². The van der Waals surface area contributed by atoms with Gasteiger partial charge in [-0.2, -0.15) is 5.10 Å². The van der Waals surface area contributed by atoms with Gasteiger partial charge in [-0.25, -0.2) is 4.68 Å². The number of nitrogens with zero attached hydrogens (tertiary/aromatic N) is 3.